The summed E-state index contributed by atoms with van der Waals surface area (Å²) in [6.45, 7) is 0. The second-order valence-electron chi connectivity index (χ2n) is 6.34. The van der Waals surface area contributed by atoms with Crippen molar-refractivity contribution < 1.29 is 9.31 Å². The summed E-state index contributed by atoms with van der Waals surface area (Å²) in [7, 11) is 1.24. The quantitative estimate of drug-likeness (QED) is 0.225. The van der Waals surface area contributed by atoms with E-state index in [-0.39, 0.29) is 0 Å². The molecule has 4 aromatic carbocycles. The molecule has 0 amide bonds. The van der Waals surface area contributed by atoms with Crippen LogP contribution in [0.25, 0.3) is 0 Å². The van der Waals surface area contributed by atoms with Crippen LogP contribution < -0.4 is 9.31 Å². The molecule has 0 aliphatic rings. The molecule has 0 spiro atoms. The van der Waals surface area contributed by atoms with E-state index in [2.05, 4.69) is 20.5 Å². The predicted molar refractivity (Wildman–Crippen MR) is 121 cm³/mol. The van der Waals surface area contributed by atoms with Crippen molar-refractivity contribution in [3.05, 3.63) is 109 Å². The smallest absolute Gasteiger partial charge is 0.525 e. The Balaban J connectivity index is 1.41. The molecule has 0 atom stereocenters. The van der Waals surface area contributed by atoms with Gasteiger partial charge in [0.05, 0.1) is 11.4 Å². The molecule has 7 heteroatoms. The van der Waals surface area contributed by atoms with Crippen molar-refractivity contribution in [2.24, 2.45) is 20.5 Å². The maximum atomic E-state index is 5.67. The minimum absolute atomic E-state index is 0.519. The number of rotatable bonds is 8. The van der Waals surface area contributed by atoms with Gasteiger partial charge in [-0.2, -0.15) is 10.2 Å². The van der Waals surface area contributed by atoms with Crippen molar-refractivity contribution in [1.29, 1.82) is 0 Å². The van der Waals surface area contributed by atoms with Gasteiger partial charge in [0.25, 0.3) is 0 Å². The molecule has 0 fully saturated rings. The average molecular weight is 405 g/mol. The molecule has 6 nitrogen and oxygen atoms in total. The van der Waals surface area contributed by atoms with Gasteiger partial charge in [0.15, 0.2) is 0 Å². The Labute approximate surface area is 181 Å². The van der Waals surface area contributed by atoms with E-state index in [1.807, 2.05) is 97.1 Å². The first kappa shape index (κ1) is 20.0. The Kier molecular flexibility index (Phi) is 6.79. The lowest BCUT2D eigenvalue weighted by Crippen LogP contribution is -2.11. The first-order chi connectivity index (χ1) is 15.4. The highest BCUT2D eigenvalue weighted by Gasteiger charge is 2.09. The average Bonchev–Trinajstić information content (AvgIpc) is 2.84. The van der Waals surface area contributed by atoms with Gasteiger partial charge in [-0.25, -0.2) is 0 Å². The molecule has 0 unspecified atom stereocenters. The highest BCUT2D eigenvalue weighted by Crippen LogP contribution is 2.31. The Morgan fingerprint density at radius 3 is 1.26 bits per heavy atom. The molecule has 31 heavy (non-hydrogen) atoms. The van der Waals surface area contributed by atoms with Gasteiger partial charge in [0.1, 0.15) is 22.9 Å². The van der Waals surface area contributed by atoms with Crippen molar-refractivity contribution in [3.63, 3.8) is 0 Å². The molecule has 0 aliphatic heterocycles. The Hall–Kier alpha value is -4.26. The second-order valence-corrected chi connectivity index (χ2v) is 6.34. The predicted octanol–water partition coefficient (Wildman–Crippen LogP) is 7.51. The van der Waals surface area contributed by atoms with Crippen molar-refractivity contribution in [2.45, 2.75) is 0 Å². The van der Waals surface area contributed by atoms with Gasteiger partial charge in [-0.3, -0.25) is 0 Å². The van der Waals surface area contributed by atoms with E-state index in [1.54, 1.807) is 12.1 Å². The summed E-state index contributed by atoms with van der Waals surface area (Å²) < 4.78 is 11.3. The van der Waals surface area contributed by atoms with E-state index >= 15 is 0 Å². The van der Waals surface area contributed by atoms with Crippen molar-refractivity contribution in [3.8, 4) is 11.5 Å². The van der Waals surface area contributed by atoms with Gasteiger partial charge in [0.2, 0.25) is 0 Å². The summed E-state index contributed by atoms with van der Waals surface area (Å²) in [6, 6.07) is 33.7. The monoisotopic (exact) mass is 405 g/mol. The van der Waals surface area contributed by atoms with Gasteiger partial charge < -0.3 is 9.31 Å². The maximum absolute atomic E-state index is 5.67. The Morgan fingerprint density at radius 1 is 0.419 bits per heavy atom. The molecular weight excluding hydrogens is 387 g/mol. The Bertz CT molecular complexity index is 1080. The number of para-hydroxylation sites is 2. The molecule has 4 aromatic rings. The highest BCUT2D eigenvalue weighted by atomic mass is 16.6. The molecule has 0 heterocycles. The third kappa shape index (κ3) is 5.87. The summed E-state index contributed by atoms with van der Waals surface area (Å²) in [5.41, 5.74) is 2.69. The normalized spacial score (nSPS) is 11.0. The Morgan fingerprint density at radius 2 is 0.806 bits per heavy atom. The summed E-state index contributed by atoms with van der Waals surface area (Å²) in [6.07, 6.45) is 0. The third-order valence-electron chi connectivity index (χ3n) is 4.14. The van der Waals surface area contributed by atoms with Crippen LogP contribution in [0.1, 0.15) is 0 Å². The lowest BCUT2D eigenvalue weighted by molar-refractivity contribution is 0.460. The minimum atomic E-state index is 0.519. The van der Waals surface area contributed by atoms with Gasteiger partial charge in [-0.1, -0.05) is 60.7 Å². The van der Waals surface area contributed by atoms with E-state index in [4.69, 9.17) is 9.31 Å². The summed E-state index contributed by atoms with van der Waals surface area (Å²) in [4.78, 5) is 0. The fourth-order valence-electron chi connectivity index (χ4n) is 2.62. The largest absolute Gasteiger partial charge is 0.658 e. The van der Waals surface area contributed by atoms with Crippen LogP contribution in [0, 0.1) is 0 Å². The van der Waals surface area contributed by atoms with Gasteiger partial charge >= 0.3 is 7.69 Å². The molecule has 0 saturated heterocycles. The number of hydrogen-bond donors (Lipinski definition) is 0. The first-order valence-corrected chi connectivity index (χ1v) is 9.65. The maximum Gasteiger partial charge on any atom is 0.658 e. The molecular formula is C24H18BN4O2. The minimum Gasteiger partial charge on any atom is -0.525 e. The van der Waals surface area contributed by atoms with Crippen molar-refractivity contribution >= 4 is 30.4 Å². The fourth-order valence-corrected chi connectivity index (χ4v) is 2.62. The molecule has 0 saturated carbocycles. The third-order valence-corrected chi connectivity index (χ3v) is 4.14. The summed E-state index contributed by atoms with van der Waals surface area (Å²) in [5.74, 6) is 1.04. The molecule has 0 N–H and O–H groups in total. The van der Waals surface area contributed by atoms with E-state index in [0.29, 0.717) is 22.9 Å². The lowest BCUT2D eigenvalue weighted by Gasteiger charge is -2.09. The van der Waals surface area contributed by atoms with Crippen LogP contribution in [0.15, 0.2) is 130 Å². The first-order valence-electron chi connectivity index (χ1n) is 9.65. The summed E-state index contributed by atoms with van der Waals surface area (Å²) >= 11 is 0. The van der Waals surface area contributed by atoms with Crippen LogP contribution >= 0.6 is 0 Å². The topological polar surface area (TPSA) is 67.9 Å². The zero-order valence-electron chi connectivity index (χ0n) is 16.6. The number of azo groups is 2. The molecule has 0 aliphatic carbocycles. The summed E-state index contributed by atoms with van der Waals surface area (Å²) in [5, 5.41) is 17.0. The van der Waals surface area contributed by atoms with E-state index in [1.165, 1.54) is 7.69 Å². The standard InChI is InChI=1S/C24H18BN4O2/c1-3-11-19(12-4-1)26-28-21-15-7-9-17-23(21)30-25-31-24-18-10-8-16-22(24)29-27-20-13-5-2-6-14-20/h1-18H. The van der Waals surface area contributed by atoms with Crippen LogP contribution in [0.2, 0.25) is 0 Å². The number of hydrogen-bond acceptors (Lipinski definition) is 6. The zero-order valence-corrected chi connectivity index (χ0v) is 16.6. The molecule has 0 aromatic heterocycles. The van der Waals surface area contributed by atoms with Crippen LogP contribution in [-0.4, -0.2) is 7.69 Å². The van der Waals surface area contributed by atoms with Gasteiger partial charge in [-0.15, -0.1) is 10.2 Å². The highest BCUT2D eigenvalue weighted by molar-refractivity contribution is 6.21. The van der Waals surface area contributed by atoms with Crippen LogP contribution in [-0.2, 0) is 0 Å². The van der Waals surface area contributed by atoms with Crippen molar-refractivity contribution in [2.75, 3.05) is 0 Å². The molecule has 0 bridgehead atoms. The van der Waals surface area contributed by atoms with Crippen LogP contribution in [0.5, 0.6) is 11.5 Å². The van der Waals surface area contributed by atoms with Crippen molar-refractivity contribution in [1.82, 2.24) is 0 Å². The van der Waals surface area contributed by atoms with Gasteiger partial charge in [0, 0.05) is 0 Å². The number of nitrogens with zero attached hydrogens (tertiary/aromatic N) is 4. The van der Waals surface area contributed by atoms with E-state index in [9.17, 15) is 0 Å². The van der Waals surface area contributed by atoms with Crippen LogP contribution in [0.4, 0.5) is 22.7 Å². The SMILES string of the molecule is [B](Oc1ccccc1N=Nc1ccccc1)Oc1ccccc1N=Nc1ccccc1. The number of benzene rings is 4. The lowest BCUT2D eigenvalue weighted by atomic mass is 10.2. The zero-order chi connectivity index (χ0) is 21.1. The van der Waals surface area contributed by atoms with Gasteiger partial charge in [-0.05, 0) is 48.5 Å². The fraction of sp³-hybridized carbons (Fsp3) is 0. The van der Waals surface area contributed by atoms with Crippen LogP contribution in [0.3, 0.4) is 0 Å². The molecule has 149 valence electrons. The van der Waals surface area contributed by atoms with E-state index < -0.39 is 0 Å². The molecule has 4 rings (SSSR count). The molecule has 1 radical (unpaired) electrons. The second kappa shape index (κ2) is 10.5. The van der Waals surface area contributed by atoms with E-state index in [0.717, 1.165) is 11.4 Å².